The first-order valence-electron chi connectivity index (χ1n) is 22.9. The van der Waals surface area contributed by atoms with Crippen LogP contribution in [0.3, 0.4) is 0 Å². The van der Waals surface area contributed by atoms with Gasteiger partial charge in [-0.15, -0.1) is 0 Å². The van der Waals surface area contributed by atoms with Crippen LogP contribution < -0.4 is 30.2 Å². The van der Waals surface area contributed by atoms with Crippen molar-refractivity contribution in [3.63, 3.8) is 0 Å². The summed E-state index contributed by atoms with van der Waals surface area (Å²) in [5.41, 5.74) is 10.4. The van der Waals surface area contributed by atoms with Crippen LogP contribution in [0.25, 0.3) is 0 Å². The quantitative estimate of drug-likeness (QED) is 0.0713. The second kappa shape index (κ2) is 21.6. The summed E-state index contributed by atoms with van der Waals surface area (Å²) in [6.07, 6.45) is 16.1. The Morgan fingerprint density at radius 2 is 1.52 bits per heavy atom. The first kappa shape index (κ1) is 48.9. The second-order valence-corrected chi connectivity index (χ2v) is 19.8. The van der Waals surface area contributed by atoms with Gasteiger partial charge in [-0.3, -0.25) is 14.1 Å². The molecule has 0 saturated carbocycles. The lowest BCUT2D eigenvalue weighted by Crippen LogP contribution is -2.16. The lowest BCUT2D eigenvalue weighted by molar-refractivity contribution is 0.0916. The number of benzene rings is 3. The van der Waals surface area contributed by atoms with E-state index in [0.29, 0.717) is 42.4 Å². The third-order valence-electron chi connectivity index (χ3n) is 12.4. The van der Waals surface area contributed by atoms with Gasteiger partial charge in [-0.05, 0) is 151 Å². The van der Waals surface area contributed by atoms with E-state index in [9.17, 15) is 22.6 Å². The molecule has 348 valence electrons. The molecule has 6 rings (SSSR count). The average Bonchev–Trinajstić information content (AvgIpc) is 3.29. The molecule has 3 atom stereocenters. The van der Waals surface area contributed by atoms with Gasteiger partial charge in [0.15, 0.2) is 28.1 Å². The minimum Gasteiger partial charge on any atom is -0.493 e. The Morgan fingerprint density at radius 1 is 0.877 bits per heavy atom. The number of rotatable bonds is 18. The molecular weight excluding hydrogens is 839 g/mol. The van der Waals surface area contributed by atoms with Gasteiger partial charge in [-0.25, -0.2) is 0 Å². The van der Waals surface area contributed by atoms with E-state index >= 15 is 0 Å². The highest BCUT2D eigenvalue weighted by molar-refractivity contribution is 7.89. The summed E-state index contributed by atoms with van der Waals surface area (Å²) in [7, 11) is -3.22. The van der Waals surface area contributed by atoms with Crippen molar-refractivity contribution in [3.05, 3.63) is 128 Å². The van der Waals surface area contributed by atoms with Crippen LogP contribution in [0.1, 0.15) is 131 Å². The van der Waals surface area contributed by atoms with Crippen LogP contribution in [0.15, 0.2) is 100 Å². The highest BCUT2D eigenvalue weighted by Gasteiger charge is 2.30. The van der Waals surface area contributed by atoms with Gasteiger partial charge < -0.3 is 30.2 Å². The number of carbonyl (C=O) groups is 2. The van der Waals surface area contributed by atoms with E-state index in [1.165, 1.54) is 23.8 Å². The van der Waals surface area contributed by atoms with Gasteiger partial charge in [-0.2, -0.15) is 8.42 Å². The number of Topliss-reactive ketones (excluding diaryl/α,β-unsaturated/α-hetero) is 2. The molecule has 0 amide bonds. The van der Waals surface area contributed by atoms with Crippen molar-refractivity contribution >= 4 is 38.7 Å². The minimum absolute atomic E-state index is 0.0167. The summed E-state index contributed by atoms with van der Waals surface area (Å²) in [6.45, 7) is 17.0. The molecule has 0 saturated heterocycles. The number of ether oxygens (including phenoxy) is 3. The van der Waals surface area contributed by atoms with Crippen LogP contribution in [0, 0.1) is 24.7 Å². The number of hydrogen-bond acceptors (Lipinski definition) is 10. The van der Waals surface area contributed by atoms with E-state index < -0.39 is 16.0 Å². The van der Waals surface area contributed by atoms with Crippen molar-refractivity contribution in [2.75, 3.05) is 29.6 Å². The van der Waals surface area contributed by atoms with Crippen LogP contribution in [-0.4, -0.2) is 44.2 Å². The zero-order valence-electron chi connectivity index (χ0n) is 39.5. The van der Waals surface area contributed by atoms with E-state index in [1.807, 2.05) is 51.1 Å². The summed E-state index contributed by atoms with van der Waals surface area (Å²) < 4.78 is 54.8. The number of aryl methyl sites for hydroxylation is 1. The van der Waals surface area contributed by atoms with Crippen LogP contribution in [0.2, 0.25) is 0 Å². The third kappa shape index (κ3) is 13.0. The SMILES string of the molecule is COc1cc2c(cc1OCc1cc(COc3cc(NC[C@@H](C)CC4=C(C)C=CCC4)c(C(C)=O)cc3C)cc(NC(C)C)c1)NC(S(=O)(=O)O)=CC(CC1=C(C)C=CCC1)CC(C)C2=O. The Bertz CT molecular complexity index is 2550. The fourth-order valence-electron chi connectivity index (χ4n) is 8.95. The highest BCUT2D eigenvalue weighted by atomic mass is 32.2. The van der Waals surface area contributed by atoms with Gasteiger partial charge in [0, 0.05) is 53.1 Å². The topological polar surface area (TPSA) is 152 Å². The number of nitrogens with one attached hydrogen (secondary N) is 3. The largest absolute Gasteiger partial charge is 0.493 e. The van der Waals surface area contributed by atoms with Crippen LogP contribution >= 0.6 is 0 Å². The molecule has 0 spiro atoms. The molecule has 0 bridgehead atoms. The zero-order valence-corrected chi connectivity index (χ0v) is 40.3. The summed E-state index contributed by atoms with van der Waals surface area (Å²) >= 11 is 0. The van der Waals surface area contributed by atoms with E-state index in [-0.39, 0.29) is 58.8 Å². The van der Waals surface area contributed by atoms with Crippen molar-refractivity contribution in [3.8, 4) is 17.2 Å². The van der Waals surface area contributed by atoms with Crippen molar-refractivity contribution in [2.24, 2.45) is 17.8 Å². The molecule has 2 unspecified atom stereocenters. The number of carbonyl (C=O) groups excluding carboxylic acids is 2. The number of fused-ring (bicyclic) bond motifs is 1. The summed E-state index contributed by atoms with van der Waals surface area (Å²) in [5.74, 6) is 0.644. The molecule has 3 aliphatic rings. The summed E-state index contributed by atoms with van der Waals surface area (Å²) in [6, 6.07) is 13.1. The monoisotopic (exact) mass is 905 g/mol. The third-order valence-corrected chi connectivity index (χ3v) is 13.2. The van der Waals surface area contributed by atoms with E-state index in [2.05, 4.69) is 67.9 Å². The van der Waals surface area contributed by atoms with Gasteiger partial charge in [0.2, 0.25) is 0 Å². The first-order chi connectivity index (χ1) is 30.9. The molecule has 65 heavy (non-hydrogen) atoms. The maximum atomic E-state index is 14.1. The Morgan fingerprint density at radius 3 is 2.12 bits per heavy atom. The maximum absolute atomic E-state index is 14.1. The smallest absolute Gasteiger partial charge is 0.309 e. The lowest BCUT2D eigenvalue weighted by atomic mass is 9.83. The number of anilines is 3. The number of allylic oxidation sites excluding steroid dienone is 9. The molecule has 0 aromatic heterocycles. The van der Waals surface area contributed by atoms with Gasteiger partial charge in [0.1, 0.15) is 19.0 Å². The number of hydrogen-bond donors (Lipinski definition) is 4. The summed E-state index contributed by atoms with van der Waals surface area (Å²) in [5, 5.41) is 9.57. The molecule has 3 aromatic rings. The Kier molecular flexibility index (Phi) is 16.2. The maximum Gasteiger partial charge on any atom is 0.309 e. The van der Waals surface area contributed by atoms with Gasteiger partial charge in [-0.1, -0.05) is 60.4 Å². The predicted octanol–water partition coefficient (Wildman–Crippen LogP) is 12.3. The Labute approximate surface area is 386 Å². The highest BCUT2D eigenvalue weighted by Crippen LogP contribution is 2.40. The van der Waals surface area contributed by atoms with Crippen molar-refractivity contribution in [2.45, 2.75) is 120 Å². The fourth-order valence-corrected chi connectivity index (χ4v) is 9.55. The van der Waals surface area contributed by atoms with Crippen LogP contribution in [0.5, 0.6) is 17.2 Å². The molecule has 4 N–H and O–H groups in total. The summed E-state index contributed by atoms with van der Waals surface area (Å²) in [4.78, 5) is 26.9. The van der Waals surface area contributed by atoms with Crippen molar-refractivity contribution in [1.29, 1.82) is 0 Å². The average molecular weight is 906 g/mol. The molecule has 3 aromatic carbocycles. The van der Waals surface area contributed by atoms with Crippen molar-refractivity contribution in [1.82, 2.24) is 0 Å². The van der Waals surface area contributed by atoms with Crippen LogP contribution in [-0.2, 0) is 23.3 Å². The molecule has 1 aliphatic heterocycles. The van der Waals surface area contributed by atoms with E-state index in [1.54, 1.807) is 25.1 Å². The lowest BCUT2D eigenvalue weighted by Gasteiger charge is -2.21. The zero-order chi connectivity index (χ0) is 47.0. The van der Waals surface area contributed by atoms with Gasteiger partial charge in [0.05, 0.1) is 12.8 Å². The molecule has 12 heteroatoms. The van der Waals surface area contributed by atoms with Crippen molar-refractivity contribution < 1.29 is 36.8 Å². The van der Waals surface area contributed by atoms with E-state index in [0.717, 1.165) is 65.7 Å². The van der Waals surface area contributed by atoms with E-state index in [4.69, 9.17) is 14.2 Å². The van der Waals surface area contributed by atoms with Crippen LogP contribution in [0.4, 0.5) is 17.1 Å². The van der Waals surface area contributed by atoms with Gasteiger partial charge in [0.25, 0.3) is 0 Å². The molecular formula is C53H67N3O8S. The standard InChI is InChI=1S/C53H67N3O8S/c1-32(2)55-44-23-40(30-63-49-27-47(45(38(8)57)20-36(49)6)54-29-33(3)18-42-16-12-10-14-34(42)4)21-41(24-44)31-64-51-28-48-46(26-50(51)62-9)53(58)37(7)19-39(25-52(56-48)65(59,60)61)22-43-17-13-11-15-35(43)5/h10-11,14-15,20-21,23-28,32-33,37,39,54-56H,12-13,16-19,22,29-31H2,1-9H3,(H,59,60,61)/t33-,37?,39?/m0/s1. The Hall–Kier alpha value is -5.59. The second-order valence-electron chi connectivity index (χ2n) is 18.4. The number of ketones is 2. The molecule has 2 aliphatic carbocycles. The predicted molar refractivity (Wildman–Crippen MR) is 262 cm³/mol. The molecule has 1 heterocycles. The fraction of sp³-hybridized carbons (Fsp3) is 0.434. The molecule has 0 radical (unpaired) electrons. The first-order valence-corrected chi connectivity index (χ1v) is 24.3. The number of methoxy groups -OCH3 is 1. The molecule has 0 fully saturated rings. The molecule has 11 nitrogen and oxygen atoms in total. The van der Waals surface area contributed by atoms with Gasteiger partial charge >= 0.3 is 10.1 Å². The Balaban J connectivity index is 1.23. The normalized spacial score (nSPS) is 18.3. The minimum atomic E-state index is -4.70.